The standard InChI is InChI=1S/C56H45N3/c1-4-14-38(15-5-1)39-26-29-44(30-27-39)57(45-31-28-41-25-24-40-16-10-11-21-47(40)49(41)34-45)46-32-33-54-50(35-46)52-37-55-51(36-56(52)59(54)43-19-8-3-9-20-43)48-22-12-13-23-53(48)58(55)42-17-6-2-7-18-42/h1-9,13-21,23-33,36-37,46,49H,10-12,22,34-35H2. The van der Waals surface area contributed by atoms with Gasteiger partial charge < -0.3 is 14.0 Å². The van der Waals surface area contributed by atoms with Gasteiger partial charge in [0.1, 0.15) is 0 Å². The zero-order valence-electron chi connectivity index (χ0n) is 33.1. The van der Waals surface area contributed by atoms with Crippen molar-refractivity contribution in [3.8, 4) is 22.5 Å². The molecule has 0 radical (unpaired) electrons. The molecule has 12 rings (SSSR count). The van der Waals surface area contributed by atoms with E-state index in [-0.39, 0.29) is 6.04 Å². The quantitative estimate of drug-likeness (QED) is 0.165. The number of hydrogen-bond acceptors (Lipinski definition) is 1. The van der Waals surface area contributed by atoms with Crippen LogP contribution in [-0.4, -0.2) is 15.2 Å². The lowest BCUT2D eigenvalue weighted by Gasteiger charge is -2.40. The van der Waals surface area contributed by atoms with Gasteiger partial charge in [-0.15, -0.1) is 0 Å². The molecule has 5 aromatic carbocycles. The van der Waals surface area contributed by atoms with Gasteiger partial charge in [0.2, 0.25) is 0 Å². The highest BCUT2D eigenvalue weighted by atomic mass is 15.2. The second-order valence-electron chi connectivity index (χ2n) is 16.6. The minimum absolute atomic E-state index is 0.128. The van der Waals surface area contributed by atoms with Crippen LogP contribution in [0.4, 0.5) is 5.69 Å². The lowest BCUT2D eigenvalue weighted by molar-refractivity contribution is 0.640. The second-order valence-corrected chi connectivity index (χ2v) is 16.6. The molecule has 3 heteroatoms. The fraction of sp³-hybridized carbons (Fsp3) is 0.143. The van der Waals surface area contributed by atoms with Crippen molar-refractivity contribution >= 4 is 39.6 Å². The molecule has 7 aromatic rings. The van der Waals surface area contributed by atoms with Crippen molar-refractivity contribution < 1.29 is 0 Å². The van der Waals surface area contributed by atoms with Crippen LogP contribution in [0, 0.1) is 5.92 Å². The van der Waals surface area contributed by atoms with E-state index in [0.29, 0.717) is 5.92 Å². The third-order valence-corrected chi connectivity index (χ3v) is 13.3. The number of benzene rings is 5. The maximum absolute atomic E-state index is 2.66. The van der Waals surface area contributed by atoms with Crippen molar-refractivity contribution in [3.63, 3.8) is 0 Å². The number of allylic oxidation sites excluding steroid dienone is 11. The van der Waals surface area contributed by atoms with Crippen molar-refractivity contribution in [2.45, 2.75) is 44.6 Å². The van der Waals surface area contributed by atoms with E-state index in [4.69, 9.17) is 0 Å². The highest BCUT2D eigenvalue weighted by Gasteiger charge is 2.34. The third kappa shape index (κ3) is 5.63. The molecule has 0 aliphatic heterocycles. The molecular formula is C56H45N3. The Morgan fingerprint density at radius 3 is 1.92 bits per heavy atom. The Kier molecular flexibility index (Phi) is 8.07. The molecule has 59 heavy (non-hydrogen) atoms. The number of anilines is 1. The Labute approximate surface area is 346 Å². The number of rotatable bonds is 6. The summed E-state index contributed by atoms with van der Waals surface area (Å²) in [4.78, 5) is 2.66. The van der Waals surface area contributed by atoms with Gasteiger partial charge in [0.15, 0.2) is 0 Å². The molecule has 0 saturated heterocycles. The van der Waals surface area contributed by atoms with E-state index < -0.39 is 0 Å². The summed E-state index contributed by atoms with van der Waals surface area (Å²) in [5, 5.41) is 2.69. The molecule has 0 amide bonds. The van der Waals surface area contributed by atoms with Gasteiger partial charge in [-0.3, -0.25) is 0 Å². The van der Waals surface area contributed by atoms with Gasteiger partial charge in [0, 0.05) is 50.8 Å². The first-order valence-corrected chi connectivity index (χ1v) is 21.4. The number of hydrogen-bond donors (Lipinski definition) is 0. The monoisotopic (exact) mass is 759 g/mol. The molecule has 2 aromatic heterocycles. The molecule has 5 aliphatic rings. The second kappa shape index (κ2) is 13.9. The molecule has 5 aliphatic carbocycles. The van der Waals surface area contributed by atoms with Crippen LogP contribution < -0.4 is 4.90 Å². The van der Waals surface area contributed by atoms with Crippen LogP contribution in [0.5, 0.6) is 0 Å². The van der Waals surface area contributed by atoms with Crippen LogP contribution in [-0.2, 0) is 12.8 Å². The zero-order valence-corrected chi connectivity index (χ0v) is 33.1. The summed E-state index contributed by atoms with van der Waals surface area (Å²) in [5.74, 6) is 0.375. The van der Waals surface area contributed by atoms with Crippen molar-refractivity contribution in [3.05, 3.63) is 221 Å². The van der Waals surface area contributed by atoms with Crippen molar-refractivity contribution in [2.24, 2.45) is 5.92 Å². The van der Waals surface area contributed by atoms with Gasteiger partial charge in [-0.25, -0.2) is 0 Å². The summed E-state index contributed by atoms with van der Waals surface area (Å²) < 4.78 is 5.02. The fourth-order valence-electron chi connectivity index (χ4n) is 10.6. The molecule has 0 spiro atoms. The molecule has 2 atom stereocenters. The van der Waals surface area contributed by atoms with Crippen molar-refractivity contribution in [1.82, 2.24) is 9.13 Å². The maximum atomic E-state index is 2.66. The largest absolute Gasteiger partial charge is 0.338 e. The number of aromatic nitrogens is 2. The highest BCUT2D eigenvalue weighted by molar-refractivity contribution is 6.04. The molecule has 0 N–H and O–H groups in total. The van der Waals surface area contributed by atoms with Crippen LogP contribution in [0.15, 0.2) is 198 Å². The van der Waals surface area contributed by atoms with Crippen LogP contribution in [0.3, 0.4) is 0 Å². The Hall–Kier alpha value is -6.84. The number of para-hydroxylation sites is 2. The normalized spacial score (nSPS) is 19.0. The van der Waals surface area contributed by atoms with Gasteiger partial charge in [-0.05, 0) is 144 Å². The molecule has 3 nitrogen and oxygen atoms in total. The van der Waals surface area contributed by atoms with E-state index in [1.807, 2.05) is 0 Å². The summed E-state index contributed by atoms with van der Waals surface area (Å²) in [5.41, 5.74) is 19.9. The lowest BCUT2D eigenvalue weighted by atomic mass is 9.74. The predicted molar refractivity (Wildman–Crippen MR) is 247 cm³/mol. The smallest absolute Gasteiger partial charge is 0.0564 e. The predicted octanol–water partition coefficient (Wildman–Crippen LogP) is 13.7. The number of aryl methyl sites for hydroxylation is 1. The fourth-order valence-corrected chi connectivity index (χ4v) is 10.6. The minimum Gasteiger partial charge on any atom is -0.338 e. The van der Waals surface area contributed by atoms with E-state index in [9.17, 15) is 0 Å². The first kappa shape index (κ1) is 34.2. The van der Waals surface area contributed by atoms with E-state index in [1.54, 1.807) is 0 Å². The molecule has 2 heterocycles. The van der Waals surface area contributed by atoms with Crippen LogP contribution >= 0.6 is 0 Å². The molecule has 0 bridgehead atoms. The van der Waals surface area contributed by atoms with Crippen LogP contribution in [0.1, 0.15) is 48.2 Å². The summed E-state index contributed by atoms with van der Waals surface area (Å²) in [6.45, 7) is 0. The first-order valence-electron chi connectivity index (χ1n) is 21.4. The Morgan fingerprint density at radius 2 is 1.19 bits per heavy atom. The van der Waals surface area contributed by atoms with Crippen molar-refractivity contribution in [1.29, 1.82) is 0 Å². The molecule has 0 saturated carbocycles. The van der Waals surface area contributed by atoms with Gasteiger partial charge in [0.25, 0.3) is 0 Å². The molecule has 2 unspecified atom stereocenters. The van der Waals surface area contributed by atoms with E-state index in [1.165, 1.54) is 94.9 Å². The van der Waals surface area contributed by atoms with Gasteiger partial charge >= 0.3 is 0 Å². The van der Waals surface area contributed by atoms with Gasteiger partial charge in [-0.2, -0.15) is 0 Å². The summed E-state index contributed by atoms with van der Waals surface area (Å²) in [6.07, 6.45) is 30.3. The Morgan fingerprint density at radius 1 is 0.542 bits per heavy atom. The summed E-state index contributed by atoms with van der Waals surface area (Å²) >= 11 is 0. The van der Waals surface area contributed by atoms with Gasteiger partial charge in [0.05, 0.1) is 17.1 Å². The number of fused-ring (bicyclic) bond motifs is 9. The minimum atomic E-state index is 0.128. The molecule has 284 valence electrons. The molecule has 0 fully saturated rings. The SMILES string of the molecule is C1=Cc2c(c3cc4c(cc3n2-c2ccccc2)c2c(n4-c3ccccc3)C=CC(N(C3=CC=C4C=CC5=CCCC=C5C4C3)c3ccc(-c4ccccc4)cc3)C2)CC1. The lowest BCUT2D eigenvalue weighted by Crippen LogP contribution is -2.38. The zero-order chi connectivity index (χ0) is 38.9. The maximum Gasteiger partial charge on any atom is 0.0564 e. The Balaban J connectivity index is 1.03. The summed E-state index contributed by atoms with van der Waals surface area (Å²) in [6, 6.07) is 47.1. The first-order chi connectivity index (χ1) is 29.3. The number of nitrogens with zero attached hydrogens (tertiary/aromatic N) is 3. The molecular weight excluding hydrogens is 715 g/mol. The summed E-state index contributed by atoms with van der Waals surface area (Å²) in [7, 11) is 0. The average molecular weight is 760 g/mol. The average Bonchev–Trinajstić information content (AvgIpc) is 3.81. The Bertz CT molecular complexity index is 3010. The van der Waals surface area contributed by atoms with Crippen molar-refractivity contribution in [2.75, 3.05) is 4.90 Å². The topological polar surface area (TPSA) is 13.1 Å². The van der Waals surface area contributed by atoms with Gasteiger partial charge in [-0.1, -0.05) is 121 Å². The van der Waals surface area contributed by atoms with E-state index in [2.05, 4.69) is 202 Å². The highest BCUT2D eigenvalue weighted by Crippen LogP contribution is 2.46. The van der Waals surface area contributed by atoms with Crippen LogP contribution in [0.25, 0.3) is 56.5 Å². The third-order valence-electron chi connectivity index (χ3n) is 13.3. The van der Waals surface area contributed by atoms with E-state index in [0.717, 1.165) is 38.5 Å². The van der Waals surface area contributed by atoms with Crippen LogP contribution in [0.2, 0.25) is 0 Å². The van der Waals surface area contributed by atoms with E-state index >= 15 is 0 Å².